The third kappa shape index (κ3) is 3.10. The molecule has 0 atom stereocenters. The van der Waals surface area contributed by atoms with E-state index in [0.29, 0.717) is 25.9 Å². The summed E-state index contributed by atoms with van der Waals surface area (Å²) in [6.45, 7) is 0.922. The van der Waals surface area contributed by atoms with E-state index in [9.17, 15) is 14.0 Å². The largest absolute Gasteiger partial charge is 0.469 e. The molecule has 108 valence electrons. The molecule has 4 nitrogen and oxygen atoms in total. The maximum Gasteiger partial charge on any atom is 0.308 e. The number of amides is 1. The Hall–Kier alpha value is -1.62. The number of benzene rings is 1. The Morgan fingerprint density at radius 2 is 2.00 bits per heavy atom. The summed E-state index contributed by atoms with van der Waals surface area (Å²) >= 11 is 5.59. The van der Waals surface area contributed by atoms with Gasteiger partial charge >= 0.3 is 5.97 Å². The molecule has 0 saturated carbocycles. The Labute approximate surface area is 121 Å². The van der Waals surface area contributed by atoms with Crippen LogP contribution in [0.25, 0.3) is 0 Å². The van der Waals surface area contributed by atoms with Crippen molar-refractivity contribution >= 4 is 23.5 Å². The van der Waals surface area contributed by atoms with Crippen LogP contribution in [0.3, 0.4) is 0 Å². The first-order valence-corrected chi connectivity index (χ1v) is 6.73. The highest BCUT2D eigenvalue weighted by atomic mass is 35.5. The fourth-order valence-electron chi connectivity index (χ4n) is 2.30. The van der Waals surface area contributed by atoms with E-state index in [1.165, 1.54) is 19.2 Å². The molecule has 1 aliphatic rings. The molecule has 1 fully saturated rings. The van der Waals surface area contributed by atoms with E-state index >= 15 is 0 Å². The maximum absolute atomic E-state index is 13.4. The van der Waals surface area contributed by atoms with Crippen LogP contribution in [-0.2, 0) is 9.53 Å². The smallest absolute Gasteiger partial charge is 0.308 e. The standard InChI is InChI=1S/C14H15ClFNO3/c1-20-14(19)9-4-6-17(7-5-9)13(18)10-2-3-11(15)12(16)8-10/h2-3,8-9H,4-7H2,1H3. The van der Waals surface area contributed by atoms with Crippen LogP contribution in [0.1, 0.15) is 23.2 Å². The lowest BCUT2D eigenvalue weighted by Crippen LogP contribution is -2.40. The van der Waals surface area contributed by atoms with E-state index in [0.717, 1.165) is 6.07 Å². The van der Waals surface area contributed by atoms with Gasteiger partial charge in [0.15, 0.2) is 0 Å². The molecule has 0 bridgehead atoms. The van der Waals surface area contributed by atoms with E-state index in [2.05, 4.69) is 0 Å². The van der Waals surface area contributed by atoms with Crippen LogP contribution in [0.5, 0.6) is 0 Å². The lowest BCUT2D eigenvalue weighted by Gasteiger charge is -2.30. The van der Waals surface area contributed by atoms with Gasteiger partial charge in [-0.1, -0.05) is 11.6 Å². The molecule has 20 heavy (non-hydrogen) atoms. The molecule has 1 aliphatic heterocycles. The fraction of sp³-hybridized carbons (Fsp3) is 0.429. The van der Waals surface area contributed by atoms with Crippen LogP contribution < -0.4 is 0 Å². The number of carbonyl (C=O) groups excluding carboxylic acids is 2. The number of esters is 1. The first-order valence-electron chi connectivity index (χ1n) is 6.35. The summed E-state index contributed by atoms with van der Waals surface area (Å²) < 4.78 is 18.0. The minimum Gasteiger partial charge on any atom is -0.469 e. The van der Waals surface area contributed by atoms with Gasteiger partial charge in [0.05, 0.1) is 18.1 Å². The topological polar surface area (TPSA) is 46.6 Å². The van der Waals surface area contributed by atoms with Crippen molar-refractivity contribution in [2.75, 3.05) is 20.2 Å². The van der Waals surface area contributed by atoms with Crippen LogP contribution >= 0.6 is 11.6 Å². The van der Waals surface area contributed by atoms with E-state index in [1.807, 2.05) is 0 Å². The zero-order valence-electron chi connectivity index (χ0n) is 11.1. The van der Waals surface area contributed by atoms with Gasteiger partial charge in [-0.25, -0.2) is 4.39 Å². The van der Waals surface area contributed by atoms with Crippen molar-refractivity contribution in [1.29, 1.82) is 0 Å². The van der Waals surface area contributed by atoms with Gasteiger partial charge in [-0.2, -0.15) is 0 Å². The average molecular weight is 300 g/mol. The molecule has 0 N–H and O–H groups in total. The van der Waals surface area contributed by atoms with Crippen LogP contribution in [0.2, 0.25) is 5.02 Å². The molecule has 2 rings (SSSR count). The van der Waals surface area contributed by atoms with Crippen molar-refractivity contribution in [2.24, 2.45) is 5.92 Å². The molecule has 1 heterocycles. The van der Waals surface area contributed by atoms with Gasteiger partial charge in [0.1, 0.15) is 5.82 Å². The van der Waals surface area contributed by atoms with Crippen molar-refractivity contribution in [2.45, 2.75) is 12.8 Å². The summed E-state index contributed by atoms with van der Waals surface area (Å²) in [5, 5.41) is -0.00838. The molecule has 0 aliphatic carbocycles. The zero-order valence-corrected chi connectivity index (χ0v) is 11.8. The molecule has 1 saturated heterocycles. The first-order chi connectivity index (χ1) is 9.52. The van der Waals surface area contributed by atoms with E-state index in [4.69, 9.17) is 16.3 Å². The second-order valence-electron chi connectivity index (χ2n) is 4.72. The van der Waals surface area contributed by atoms with Crippen molar-refractivity contribution < 1.29 is 18.7 Å². The molecule has 1 amide bonds. The third-order valence-electron chi connectivity index (χ3n) is 3.48. The van der Waals surface area contributed by atoms with Gasteiger partial charge in [0.2, 0.25) is 0 Å². The van der Waals surface area contributed by atoms with Crippen LogP contribution in [0.4, 0.5) is 4.39 Å². The Morgan fingerprint density at radius 3 is 2.55 bits per heavy atom. The van der Waals surface area contributed by atoms with Crippen molar-refractivity contribution in [3.8, 4) is 0 Å². The molecule has 1 aromatic carbocycles. The van der Waals surface area contributed by atoms with E-state index < -0.39 is 5.82 Å². The van der Waals surface area contributed by atoms with Gasteiger partial charge < -0.3 is 9.64 Å². The number of nitrogens with zero attached hydrogens (tertiary/aromatic N) is 1. The number of piperidine rings is 1. The number of likely N-dealkylation sites (tertiary alicyclic amines) is 1. The lowest BCUT2D eigenvalue weighted by atomic mass is 9.96. The zero-order chi connectivity index (χ0) is 14.7. The summed E-state index contributed by atoms with van der Waals surface area (Å²) in [5.41, 5.74) is 0.267. The quantitative estimate of drug-likeness (QED) is 0.788. The highest BCUT2D eigenvalue weighted by Gasteiger charge is 2.28. The Bertz CT molecular complexity index is 527. The molecular weight excluding hydrogens is 285 g/mol. The number of ether oxygens (including phenoxy) is 1. The van der Waals surface area contributed by atoms with Crippen LogP contribution in [-0.4, -0.2) is 37.0 Å². The molecule has 0 radical (unpaired) electrons. The molecular formula is C14H15ClFNO3. The number of methoxy groups -OCH3 is 1. The predicted octanol–water partition coefficient (Wildman–Crippen LogP) is 2.50. The summed E-state index contributed by atoms with van der Waals surface area (Å²) in [5.74, 6) is -1.26. The molecule has 0 spiro atoms. The second-order valence-corrected chi connectivity index (χ2v) is 5.13. The highest BCUT2D eigenvalue weighted by molar-refractivity contribution is 6.30. The summed E-state index contributed by atoms with van der Waals surface area (Å²) in [6, 6.07) is 4.00. The minimum atomic E-state index is -0.609. The van der Waals surface area contributed by atoms with E-state index in [1.54, 1.807) is 4.90 Å². The van der Waals surface area contributed by atoms with Gasteiger partial charge in [-0.3, -0.25) is 9.59 Å². The van der Waals surface area contributed by atoms with E-state index in [-0.39, 0.29) is 28.4 Å². The van der Waals surface area contributed by atoms with Gasteiger partial charge in [0.25, 0.3) is 5.91 Å². The lowest BCUT2D eigenvalue weighted by molar-refractivity contribution is -0.146. The van der Waals surface area contributed by atoms with Gasteiger partial charge in [-0.15, -0.1) is 0 Å². The Morgan fingerprint density at radius 1 is 1.35 bits per heavy atom. The summed E-state index contributed by atoms with van der Waals surface area (Å²) in [4.78, 5) is 25.2. The molecule has 0 unspecified atom stereocenters. The number of halogens is 2. The predicted molar refractivity (Wildman–Crippen MR) is 72.1 cm³/mol. The van der Waals surface area contributed by atoms with Crippen molar-refractivity contribution in [3.63, 3.8) is 0 Å². The number of hydrogen-bond donors (Lipinski definition) is 0. The monoisotopic (exact) mass is 299 g/mol. The fourth-order valence-corrected chi connectivity index (χ4v) is 2.41. The Kier molecular flexibility index (Phi) is 4.60. The first kappa shape index (κ1) is 14.8. The third-order valence-corrected chi connectivity index (χ3v) is 3.79. The molecule has 1 aromatic rings. The minimum absolute atomic E-state index is 0.00838. The number of hydrogen-bond acceptors (Lipinski definition) is 3. The van der Waals surface area contributed by atoms with Gasteiger partial charge in [-0.05, 0) is 31.0 Å². The van der Waals surface area contributed by atoms with Crippen molar-refractivity contribution in [1.82, 2.24) is 4.90 Å². The molecule has 0 aromatic heterocycles. The summed E-state index contributed by atoms with van der Waals surface area (Å²) in [6.07, 6.45) is 1.13. The Balaban J connectivity index is 2.01. The SMILES string of the molecule is COC(=O)C1CCN(C(=O)c2ccc(Cl)c(F)c2)CC1. The van der Waals surface area contributed by atoms with Crippen LogP contribution in [0.15, 0.2) is 18.2 Å². The highest BCUT2D eigenvalue weighted by Crippen LogP contribution is 2.22. The maximum atomic E-state index is 13.4. The second kappa shape index (κ2) is 6.22. The normalized spacial score (nSPS) is 16.1. The summed E-state index contributed by atoms with van der Waals surface area (Å²) in [7, 11) is 1.36. The van der Waals surface area contributed by atoms with Gasteiger partial charge in [0, 0.05) is 18.7 Å². The number of carbonyl (C=O) groups is 2. The average Bonchev–Trinajstić information content (AvgIpc) is 2.48. The van der Waals surface area contributed by atoms with Crippen molar-refractivity contribution in [3.05, 3.63) is 34.6 Å². The van der Waals surface area contributed by atoms with Crippen LogP contribution in [0, 0.1) is 11.7 Å². The molecule has 6 heteroatoms. The number of rotatable bonds is 2.